The third kappa shape index (κ3) is 3.24. The number of nitrogens with zero attached hydrogens (tertiary/aromatic N) is 2. The lowest BCUT2D eigenvalue weighted by atomic mass is 9.95. The highest BCUT2D eigenvalue weighted by molar-refractivity contribution is 5.90. The lowest BCUT2D eigenvalue weighted by Crippen LogP contribution is -2.23. The van der Waals surface area contributed by atoms with E-state index in [0.717, 1.165) is 19.6 Å². The molecule has 1 aliphatic heterocycles. The summed E-state index contributed by atoms with van der Waals surface area (Å²) in [4.78, 5) is 5.83. The minimum absolute atomic E-state index is 0.492. The van der Waals surface area contributed by atoms with E-state index in [1.165, 1.54) is 33.3 Å². The third-order valence-corrected chi connectivity index (χ3v) is 5.31. The topological polar surface area (TPSA) is 22.0 Å². The van der Waals surface area contributed by atoms with E-state index < -0.39 is 0 Å². The zero-order chi connectivity index (χ0) is 17.4. The molecule has 1 N–H and O–H groups in total. The van der Waals surface area contributed by atoms with Crippen LogP contribution in [0.15, 0.2) is 54.7 Å². The van der Waals surface area contributed by atoms with Crippen molar-refractivity contribution < 1.29 is 4.58 Å². The molecule has 2 heterocycles. The standard InChI is InChI=1S/C22H26N3/c1-16-4-7-18(8-5-16)20-14-25(15-22(20)24(2)3)13-17-6-9-21-19(12-17)10-11-23-21/h4-12,20,23H,13-15H2,1-3H3/q+1. The van der Waals surface area contributed by atoms with Gasteiger partial charge in [0.25, 0.3) is 0 Å². The molecule has 1 aliphatic rings. The van der Waals surface area contributed by atoms with Gasteiger partial charge in [0.1, 0.15) is 14.1 Å². The molecule has 1 fully saturated rings. The lowest BCUT2D eigenvalue weighted by Gasteiger charge is -2.15. The Balaban J connectivity index is 1.57. The number of hydrogen-bond donors (Lipinski definition) is 1. The second-order valence-electron chi connectivity index (χ2n) is 7.42. The molecule has 3 nitrogen and oxygen atoms in total. The summed E-state index contributed by atoms with van der Waals surface area (Å²) in [6.07, 6.45) is 2.01. The summed E-state index contributed by atoms with van der Waals surface area (Å²) in [5.74, 6) is 0.492. The number of aromatic nitrogens is 1. The van der Waals surface area contributed by atoms with Crippen LogP contribution in [0, 0.1) is 6.92 Å². The van der Waals surface area contributed by atoms with Gasteiger partial charge in [-0.3, -0.25) is 4.90 Å². The van der Waals surface area contributed by atoms with Crippen LogP contribution in [0.2, 0.25) is 0 Å². The average Bonchev–Trinajstić information content (AvgIpc) is 3.22. The monoisotopic (exact) mass is 332 g/mol. The summed E-state index contributed by atoms with van der Waals surface area (Å²) in [6.45, 7) is 5.28. The van der Waals surface area contributed by atoms with Gasteiger partial charge in [-0.2, -0.15) is 0 Å². The van der Waals surface area contributed by atoms with E-state index in [-0.39, 0.29) is 0 Å². The molecule has 0 spiro atoms. The normalized spacial score (nSPS) is 18.2. The second kappa shape index (κ2) is 6.49. The summed E-state index contributed by atoms with van der Waals surface area (Å²) >= 11 is 0. The lowest BCUT2D eigenvalue weighted by molar-refractivity contribution is -0.466. The molecular weight excluding hydrogens is 306 g/mol. The van der Waals surface area contributed by atoms with Gasteiger partial charge in [-0.1, -0.05) is 35.9 Å². The first-order valence-electron chi connectivity index (χ1n) is 8.98. The van der Waals surface area contributed by atoms with Crippen LogP contribution >= 0.6 is 0 Å². The Morgan fingerprint density at radius 2 is 1.88 bits per heavy atom. The van der Waals surface area contributed by atoms with Gasteiger partial charge < -0.3 is 4.98 Å². The SMILES string of the molecule is Cc1ccc(C2CN(Cc3ccc4[nH]ccc4c3)CC2=[N+](C)C)cc1. The van der Waals surface area contributed by atoms with Crippen LogP contribution in [-0.4, -0.2) is 47.4 Å². The van der Waals surface area contributed by atoms with Crippen molar-refractivity contribution in [1.29, 1.82) is 0 Å². The molecule has 25 heavy (non-hydrogen) atoms. The largest absolute Gasteiger partial charge is 0.361 e. The molecule has 0 saturated carbocycles. The van der Waals surface area contributed by atoms with Crippen LogP contribution in [0.25, 0.3) is 10.9 Å². The zero-order valence-corrected chi connectivity index (χ0v) is 15.3. The molecule has 4 rings (SSSR count). The molecule has 0 aliphatic carbocycles. The van der Waals surface area contributed by atoms with Gasteiger partial charge >= 0.3 is 0 Å². The molecule has 3 aromatic rings. The van der Waals surface area contributed by atoms with Crippen molar-refractivity contribution in [3.05, 3.63) is 71.4 Å². The van der Waals surface area contributed by atoms with Crippen molar-refractivity contribution in [2.24, 2.45) is 0 Å². The third-order valence-electron chi connectivity index (χ3n) is 5.31. The Hall–Kier alpha value is -2.39. The molecule has 1 aromatic heterocycles. The number of hydrogen-bond acceptors (Lipinski definition) is 1. The maximum Gasteiger partial charge on any atom is 0.174 e. The summed E-state index contributed by atoms with van der Waals surface area (Å²) in [5.41, 5.74) is 6.85. The minimum Gasteiger partial charge on any atom is -0.361 e. The average molecular weight is 332 g/mol. The number of nitrogens with one attached hydrogen (secondary N) is 1. The molecule has 1 atom stereocenters. The Labute approximate surface area is 149 Å². The number of likely N-dealkylation sites (tertiary alicyclic amines) is 1. The Kier molecular flexibility index (Phi) is 4.18. The number of rotatable bonds is 3. The van der Waals surface area contributed by atoms with Crippen LogP contribution in [0.4, 0.5) is 0 Å². The predicted octanol–water partition coefficient (Wildman–Crippen LogP) is 3.79. The molecule has 2 aromatic carbocycles. The van der Waals surface area contributed by atoms with Gasteiger partial charge in [0, 0.05) is 24.8 Å². The van der Waals surface area contributed by atoms with Crippen molar-refractivity contribution in [1.82, 2.24) is 9.88 Å². The first-order chi connectivity index (χ1) is 12.1. The molecular formula is C22H26N3+. The number of aryl methyl sites for hydroxylation is 1. The first-order valence-corrected chi connectivity index (χ1v) is 8.98. The van der Waals surface area contributed by atoms with Gasteiger partial charge in [-0.05, 0) is 41.6 Å². The van der Waals surface area contributed by atoms with Crippen molar-refractivity contribution >= 4 is 16.6 Å². The summed E-state index contributed by atoms with van der Waals surface area (Å²) in [5, 5.41) is 1.29. The van der Waals surface area contributed by atoms with Gasteiger partial charge in [0.05, 0.1) is 12.5 Å². The van der Waals surface area contributed by atoms with Crippen LogP contribution < -0.4 is 0 Å². The fourth-order valence-electron chi connectivity index (χ4n) is 3.90. The zero-order valence-electron chi connectivity index (χ0n) is 15.3. The predicted molar refractivity (Wildman–Crippen MR) is 105 cm³/mol. The molecule has 1 unspecified atom stereocenters. The van der Waals surface area contributed by atoms with Gasteiger partial charge in [-0.25, -0.2) is 4.58 Å². The summed E-state index contributed by atoms with van der Waals surface area (Å²) in [6, 6.07) is 17.9. The molecule has 0 bridgehead atoms. The second-order valence-corrected chi connectivity index (χ2v) is 7.42. The van der Waals surface area contributed by atoms with Crippen LogP contribution in [0.1, 0.15) is 22.6 Å². The van der Waals surface area contributed by atoms with E-state index >= 15 is 0 Å². The minimum atomic E-state index is 0.492. The highest BCUT2D eigenvalue weighted by Gasteiger charge is 2.35. The van der Waals surface area contributed by atoms with Crippen molar-refractivity contribution in [3.8, 4) is 0 Å². The number of benzene rings is 2. The first kappa shape index (κ1) is 16.1. The van der Waals surface area contributed by atoms with E-state index in [9.17, 15) is 0 Å². The fourth-order valence-corrected chi connectivity index (χ4v) is 3.90. The maximum absolute atomic E-state index is 3.27. The van der Waals surface area contributed by atoms with E-state index in [2.05, 4.69) is 84.0 Å². The Morgan fingerprint density at radius 1 is 1.08 bits per heavy atom. The maximum atomic E-state index is 3.27. The van der Waals surface area contributed by atoms with Crippen molar-refractivity contribution in [2.45, 2.75) is 19.4 Å². The van der Waals surface area contributed by atoms with Crippen molar-refractivity contribution in [3.63, 3.8) is 0 Å². The molecule has 0 radical (unpaired) electrons. The smallest absolute Gasteiger partial charge is 0.174 e. The fraction of sp³-hybridized carbons (Fsp3) is 0.318. The highest BCUT2D eigenvalue weighted by atomic mass is 15.2. The van der Waals surface area contributed by atoms with Crippen LogP contribution in [-0.2, 0) is 6.54 Å². The summed E-state index contributed by atoms with van der Waals surface area (Å²) < 4.78 is 2.31. The van der Waals surface area contributed by atoms with Gasteiger partial charge in [0.2, 0.25) is 0 Å². The Morgan fingerprint density at radius 3 is 2.64 bits per heavy atom. The molecule has 0 amide bonds. The number of H-pyrrole nitrogens is 1. The van der Waals surface area contributed by atoms with E-state index in [1.807, 2.05) is 6.20 Å². The molecule has 3 heteroatoms. The van der Waals surface area contributed by atoms with E-state index in [4.69, 9.17) is 0 Å². The van der Waals surface area contributed by atoms with Crippen molar-refractivity contribution in [2.75, 3.05) is 27.2 Å². The van der Waals surface area contributed by atoms with E-state index in [0.29, 0.717) is 5.92 Å². The molecule has 128 valence electrons. The van der Waals surface area contributed by atoms with Crippen LogP contribution in [0.3, 0.4) is 0 Å². The quantitative estimate of drug-likeness (QED) is 0.724. The summed E-state index contributed by atoms with van der Waals surface area (Å²) in [7, 11) is 4.35. The van der Waals surface area contributed by atoms with Crippen LogP contribution in [0.5, 0.6) is 0 Å². The number of aromatic amines is 1. The van der Waals surface area contributed by atoms with Gasteiger partial charge in [0.15, 0.2) is 5.71 Å². The number of fused-ring (bicyclic) bond motifs is 1. The Bertz CT molecular complexity index is 914. The van der Waals surface area contributed by atoms with Gasteiger partial charge in [-0.15, -0.1) is 0 Å². The molecule has 1 saturated heterocycles. The highest BCUT2D eigenvalue weighted by Crippen LogP contribution is 2.27. The van der Waals surface area contributed by atoms with E-state index in [1.54, 1.807) is 0 Å².